The van der Waals surface area contributed by atoms with Gasteiger partial charge in [-0.25, -0.2) is 0 Å². The number of hydrogen-bond donors (Lipinski definition) is 2. The molecule has 0 saturated carbocycles. The van der Waals surface area contributed by atoms with Gasteiger partial charge in [-0.1, -0.05) is 24.3 Å². The number of benzene rings is 2. The standard InChI is InChI=1S/C21H23N3O4S/c1-15-5-4-6-16(13-15)28-14-20(26)23-22-19(25)9-10-21(27)24-11-12-29-18-8-3-2-7-17(18)24/h2-8,13H,9-12,14H2,1H3,(H,22,25)(H,23,26). The van der Waals surface area contributed by atoms with Crippen LogP contribution in [0.5, 0.6) is 5.75 Å². The van der Waals surface area contributed by atoms with Gasteiger partial charge in [0, 0.05) is 30.0 Å². The van der Waals surface area contributed by atoms with Crippen molar-refractivity contribution >= 4 is 35.2 Å². The van der Waals surface area contributed by atoms with Gasteiger partial charge >= 0.3 is 0 Å². The molecule has 29 heavy (non-hydrogen) atoms. The average molecular weight is 413 g/mol. The first-order valence-corrected chi connectivity index (χ1v) is 10.3. The number of hydrazine groups is 1. The van der Waals surface area contributed by atoms with E-state index in [1.54, 1.807) is 22.7 Å². The quantitative estimate of drug-likeness (QED) is 0.711. The molecule has 1 heterocycles. The summed E-state index contributed by atoms with van der Waals surface area (Å²) in [4.78, 5) is 39.1. The molecular weight excluding hydrogens is 390 g/mol. The summed E-state index contributed by atoms with van der Waals surface area (Å²) in [6.45, 7) is 2.33. The number of nitrogens with zero attached hydrogens (tertiary/aromatic N) is 1. The Bertz CT molecular complexity index is 903. The number of carbonyl (C=O) groups is 3. The molecule has 3 rings (SSSR count). The number of aryl methyl sites for hydroxylation is 1. The highest BCUT2D eigenvalue weighted by Crippen LogP contribution is 2.34. The Kier molecular flexibility index (Phi) is 7.13. The van der Waals surface area contributed by atoms with Gasteiger partial charge in [0.05, 0.1) is 5.69 Å². The van der Waals surface area contributed by atoms with E-state index in [-0.39, 0.29) is 25.4 Å². The molecule has 0 unspecified atom stereocenters. The van der Waals surface area contributed by atoms with Crippen molar-refractivity contribution in [3.63, 3.8) is 0 Å². The van der Waals surface area contributed by atoms with Crippen molar-refractivity contribution < 1.29 is 19.1 Å². The molecule has 0 saturated heterocycles. The van der Waals surface area contributed by atoms with Crippen LogP contribution in [-0.4, -0.2) is 36.6 Å². The number of fused-ring (bicyclic) bond motifs is 1. The lowest BCUT2D eigenvalue weighted by Gasteiger charge is -2.29. The van der Waals surface area contributed by atoms with Gasteiger partial charge in [0.2, 0.25) is 11.8 Å². The molecule has 0 bridgehead atoms. The fraction of sp³-hybridized carbons (Fsp3) is 0.286. The first-order valence-electron chi connectivity index (χ1n) is 9.32. The molecule has 2 aromatic rings. The van der Waals surface area contributed by atoms with Gasteiger partial charge in [0.25, 0.3) is 5.91 Å². The summed E-state index contributed by atoms with van der Waals surface area (Å²) >= 11 is 1.72. The van der Waals surface area contributed by atoms with Crippen LogP contribution < -0.4 is 20.5 Å². The predicted octanol–water partition coefficient (Wildman–Crippen LogP) is 2.44. The number of carbonyl (C=O) groups excluding carboxylic acids is 3. The SMILES string of the molecule is Cc1cccc(OCC(=O)NNC(=O)CCC(=O)N2CCSc3ccccc32)c1. The van der Waals surface area contributed by atoms with Crippen molar-refractivity contribution in [2.75, 3.05) is 23.8 Å². The summed E-state index contributed by atoms with van der Waals surface area (Å²) in [6.07, 6.45) is 0.0597. The molecule has 0 radical (unpaired) electrons. The largest absolute Gasteiger partial charge is 0.484 e. The summed E-state index contributed by atoms with van der Waals surface area (Å²) in [7, 11) is 0. The van der Waals surface area contributed by atoms with Crippen LogP contribution in [0.15, 0.2) is 53.4 Å². The van der Waals surface area contributed by atoms with Crippen LogP contribution in [0.1, 0.15) is 18.4 Å². The van der Waals surface area contributed by atoms with E-state index < -0.39 is 11.8 Å². The van der Waals surface area contributed by atoms with Crippen LogP contribution >= 0.6 is 11.8 Å². The first kappa shape index (κ1) is 20.7. The Labute approximate surface area is 173 Å². The molecule has 2 aromatic carbocycles. The predicted molar refractivity (Wildman–Crippen MR) is 112 cm³/mol. The summed E-state index contributed by atoms with van der Waals surface area (Å²) in [5.41, 5.74) is 6.52. The van der Waals surface area contributed by atoms with Crippen molar-refractivity contribution in [3.8, 4) is 5.75 Å². The van der Waals surface area contributed by atoms with Gasteiger partial charge in [-0.05, 0) is 36.8 Å². The fourth-order valence-electron chi connectivity index (χ4n) is 2.88. The van der Waals surface area contributed by atoms with Crippen molar-refractivity contribution in [2.24, 2.45) is 0 Å². The highest BCUT2D eigenvalue weighted by Gasteiger charge is 2.22. The van der Waals surface area contributed by atoms with Crippen molar-refractivity contribution in [1.29, 1.82) is 0 Å². The minimum Gasteiger partial charge on any atom is -0.484 e. The number of hydrogen-bond acceptors (Lipinski definition) is 5. The molecule has 1 aliphatic heterocycles. The topological polar surface area (TPSA) is 87.7 Å². The monoisotopic (exact) mass is 413 g/mol. The number of para-hydroxylation sites is 1. The lowest BCUT2D eigenvalue weighted by atomic mass is 10.2. The maximum absolute atomic E-state index is 12.5. The third kappa shape index (κ3) is 5.99. The zero-order chi connectivity index (χ0) is 20.6. The molecule has 0 aliphatic carbocycles. The number of rotatable bonds is 6. The van der Waals surface area contributed by atoms with E-state index in [1.165, 1.54) is 0 Å². The summed E-state index contributed by atoms with van der Waals surface area (Å²) in [5, 5.41) is 0. The second-order valence-electron chi connectivity index (χ2n) is 6.56. The minimum atomic E-state index is -0.479. The van der Waals surface area contributed by atoms with Gasteiger partial charge in [0.15, 0.2) is 6.61 Å². The lowest BCUT2D eigenvalue weighted by molar-refractivity contribution is -0.130. The molecular formula is C21H23N3O4S. The van der Waals surface area contributed by atoms with Crippen LogP contribution in [0.25, 0.3) is 0 Å². The molecule has 1 aliphatic rings. The molecule has 0 spiro atoms. The Hall–Kier alpha value is -3.00. The third-order valence-corrected chi connectivity index (χ3v) is 5.34. The summed E-state index contributed by atoms with van der Waals surface area (Å²) in [6, 6.07) is 15.1. The molecule has 0 fully saturated rings. The Morgan fingerprint density at radius 1 is 1.03 bits per heavy atom. The summed E-state index contributed by atoms with van der Waals surface area (Å²) < 4.78 is 5.37. The van der Waals surface area contributed by atoms with Crippen LogP contribution in [0.3, 0.4) is 0 Å². The van der Waals surface area contributed by atoms with Crippen molar-refractivity contribution in [1.82, 2.24) is 10.9 Å². The zero-order valence-electron chi connectivity index (χ0n) is 16.1. The van der Waals surface area contributed by atoms with E-state index in [0.717, 1.165) is 21.9 Å². The lowest BCUT2D eigenvalue weighted by Crippen LogP contribution is -2.44. The molecule has 0 aromatic heterocycles. The second kappa shape index (κ2) is 9.97. The molecule has 7 nitrogen and oxygen atoms in total. The van der Waals surface area contributed by atoms with Crippen LogP contribution in [-0.2, 0) is 14.4 Å². The first-order chi connectivity index (χ1) is 14.0. The van der Waals surface area contributed by atoms with Crippen LogP contribution in [0.2, 0.25) is 0 Å². The fourth-order valence-corrected chi connectivity index (χ4v) is 3.87. The van der Waals surface area contributed by atoms with Crippen molar-refractivity contribution in [2.45, 2.75) is 24.7 Å². The molecule has 3 amide bonds. The Balaban J connectivity index is 1.39. The van der Waals surface area contributed by atoms with E-state index in [2.05, 4.69) is 10.9 Å². The van der Waals surface area contributed by atoms with Gasteiger partial charge in [-0.2, -0.15) is 0 Å². The smallest absolute Gasteiger partial charge is 0.276 e. The number of amides is 3. The Morgan fingerprint density at radius 3 is 2.66 bits per heavy atom. The molecule has 0 atom stereocenters. The average Bonchev–Trinajstić information content (AvgIpc) is 2.74. The van der Waals surface area contributed by atoms with Crippen LogP contribution in [0.4, 0.5) is 5.69 Å². The van der Waals surface area contributed by atoms with Crippen LogP contribution in [0, 0.1) is 6.92 Å². The van der Waals surface area contributed by atoms with E-state index in [9.17, 15) is 14.4 Å². The number of ether oxygens (including phenoxy) is 1. The normalized spacial score (nSPS) is 12.7. The minimum absolute atomic E-state index is 0.0103. The van der Waals surface area contributed by atoms with E-state index in [1.807, 2.05) is 49.4 Å². The third-order valence-electron chi connectivity index (χ3n) is 4.30. The molecule has 8 heteroatoms. The highest BCUT2D eigenvalue weighted by atomic mass is 32.2. The van der Waals surface area contributed by atoms with Gasteiger partial charge in [-0.3, -0.25) is 25.2 Å². The zero-order valence-corrected chi connectivity index (χ0v) is 17.0. The highest BCUT2D eigenvalue weighted by molar-refractivity contribution is 7.99. The number of anilines is 1. The van der Waals surface area contributed by atoms with Gasteiger partial charge < -0.3 is 9.64 Å². The number of thioether (sulfide) groups is 1. The van der Waals surface area contributed by atoms with Gasteiger partial charge in [0.1, 0.15) is 5.75 Å². The van der Waals surface area contributed by atoms with E-state index >= 15 is 0 Å². The van der Waals surface area contributed by atoms with E-state index in [4.69, 9.17) is 4.74 Å². The molecule has 152 valence electrons. The number of nitrogens with one attached hydrogen (secondary N) is 2. The summed E-state index contributed by atoms with van der Waals surface area (Å²) in [5.74, 6) is 0.389. The van der Waals surface area contributed by atoms with Crippen molar-refractivity contribution in [3.05, 3.63) is 54.1 Å². The van der Waals surface area contributed by atoms with E-state index in [0.29, 0.717) is 12.3 Å². The van der Waals surface area contributed by atoms with Gasteiger partial charge in [-0.15, -0.1) is 11.8 Å². The molecule has 2 N–H and O–H groups in total. The second-order valence-corrected chi connectivity index (χ2v) is 7.70. The Morgan fingerprint density at radius 2 is 1.83 bits per heavy atom. The maximum Gasteiger partial charge on any atom is 0.276 e. The maximum atomic E-state index is 12.5.